The summed E-state index contributed by atoms with van der Waals surface area (Å²) in [5, 5.41) is 9.70. The van der Waals surface area contributed by atoms with Gasteiger partial charge >= 0.3 is 0 Å². The van der Waals surface area contributed by atoms with Gasteiger partial charge in [-0.3, -0.25) is 0 Å². The molecule has 0 aromatic heterocycles. The molecule has 1 rings (SSSR count). The molecule has 1 aromatic rings. The zero-order valence-corrected chi connectivity index (χ0v) is 9.81. The second-order valence-corrected chi connectivity index (χ2v) is 4.61. The Morgan fingerprint density at radius 3 is 2.60 bits per heavy atom. The first-order valence-electron chi connectivity index (χ1n) is 5.06. The van der Waals surface area contributed by atoms with Crippen molar-refractivity contribution >= 4 is 11.6 Å². The largest absolute Gasteiger partial charge is 0.396 e. The maximum atomic E-state index is 13.5. The predicted octanol–water partition coefficient (Wildman–Crippen LogP) is 3.43. The fourth-order valence-corrected chi connectivity index (χ4v) is 1.65. The maximum Gasteiger partial charge on any atom is 0.127 e. The van der Waals surface area contributed by atoms with Gasteiger partial charge in [-0.05, 0) is 30.4 Å². The van der Waals surface area contributed by atoms with E-state index in [4.69, 9.17) is 11.6 Å². The lowest BCUT2D eigenvalue weighted by atomic mass is 9.82. The van der Waals surface area contributed by atoms with Crippen molar-refractivity contribution in [1.82, 2.24) is 0 Å². The molecule has 0 spiro atoms. The molecule has 84 valence electrons. The number of benzene rings is 1. The monoisotopic (exact) mass is 230 g/mol. The smallest absolute Gasteiger partial charge is 0.127 e. The molecule has 15 heavy (non-hydrogen) atoms. The quantitative estimate of drug-likeness (QED) is 0.840. The molecule has 0 aliphatic rings. The van der Waals surface area contributed by atoms with E-state index in [1.165, 1.54) is 6.07 Å². The van der Waals surface area contributed by atoms with Crippen LogP contribution in [0.5, 0.6) is 0 Å². The molecule has 0 aliphatic heterocycles. The van der Waals surface area contributed by atoms with E-state index in [2.05, 4.69) is 0 Å². The Morgan fingerprint density at radius 2 is 2.13 bits per heavy atom. The van der Waals surface area contributed by atoms with Crippen LogP contribution >= 0.6 is 11.6 Å². The molecule has 0 aliphatic carbocycles. The average molecular weight is 231 g/mol. The molecule has 1 nitrogen and oxygen atoms in total. The lowest BCUT2D eigenvalue weighted by Gasteiger charge is -2.26. The summed E-state index contributed by atoms with van der Waals surface area (Å²) in [6.45, 7) is 3.94. The van der Waals surface area contributed by atoms with Gasteiger partial charge in [0.05, 0.1) is 0 Å². The molecule has 0 amide bonds. The molecule has 1 unspecified atom stereocenters. The minimum absolute atomic E-state index is 0.0359. The van der Waals surface area contributed by atoms with Crippen molar-refractivity contribution in [3.8, 4) is 0 Å². The molecular weight excluding hydrogens is 215 g/mol. The summed E-state index contributed by atoms with van der Waals surface area (Å²) in [4.78, 5) is 0. The van der Waals surface area contributed by atoms with Gasteiger partial charge in [0.15, 0.2) is 0 Å². The van der Waals surface area contributed by atoms with E-state index in [-0.39, 0.29) is 17.8 Å². The number of hydrogen-bond acceptors (Lipinski definition) is 1. The van der Waals surface area contributed by atoms with E-state index >= 15 is 0 Å². The van der Waals surface area contributed by atoms with Gasteiger partial charge in [-0.25, -0.2) is 4.39 Å². The van der Waals surface area contributed by atoms with Crippen molar-refractivity contribution in [1.29, 1.82) is 0 Å². The number of hydrogen-bond donors (Lipinski definition) is 1. The first kappa shape index (κ1) is 12.5. The van der Waals surface area contributed by atoms with Crippen LogP contribution in [0.25, 0.3) is 0 Å². The van der Waals surface area contributed by atoms with Gasteiger partial charge in [0, 0.05) is 17.2 Å². The highest BCUT2D eigenvalue weighted by molar-refractivity contribution is 6.31. The van der Waals surface area contributed by atoms with Crippen LogP contribution in [-0.4, -0.2) is 11.7 Å². The standard InChI is InChI=1S/C12H16ClFO/c1-3-12(2,8-15)7-9-10(13)5-4-6-11(9)14/h4-6,15H,3,7-8H2,1-2H3. The van der Waals surface area contributed by atoms with E-state index in [9.17, 15) is 9.50 Å². The first-order valence-corrected chi connectivity index (χ1v) is 5.44. The van der Waals surface area contributed by atoms with Crippen LogP contribution in [-0.2, 0) is 6.42 Å². The molecule has 0 bridgehead atoms. The summed E-state index contributed by atoms with van der Waals surface area (Å²) in [6.07, 6.45) is 1.25. The lowest BCUT2D eigenvalue weighted by molar-refractivity contribution is 0.137. The molecule has 1 aromatic carbocycles. The summed E-state index contributed by atoms with van der Waals surface area (Å²) < 4.78 is 13.5. The Balaban J connectivity index is 2.98. The number of rotatable bonds is 4. The van der Waals surface area contributed by atoms with Crippen molar-refractivity contribution < 1.29 is 9.50 Å². The minimum atomic E-state index is -0.300. The Labute approximate surface area is 94.9 Å². The van der Waals surface area contributed by atoms with Gasteiger partial charge in [-0.1, -0.05) is 31.5 Å². The van der Waals surface area contributed by atoms with Crippen molar-refractivity contribution in [2.75, 3.05) is 6.61 Å². The lowest BCUT2D eigenvalue weighted by Crippen LogP contribution is -2.24. The van der Waals surface area contributed by atoms with E-state index in [1.54, 1.807) is 12.1 Å². The van der Waals surface area contributed by atoms with Gasteiger partial charge in [0.1, 0.15) is 5.82 Å². The zero-order valence-electron chi connectivity index (χ0n) is 9.06. The fraction of sp³-hybridized carbons (Fsp3) is 0.500. The van der Waals surface area contributed by atoms with Crippen molar-refractivity contribution in [3.63, 3.8) is 0 Å². The van der Waals surface area contributed by atoms with Gasteiger partial charge in [-0.15, -0.1) is 0 Å². The van der Waals surface area contributed by atoms with Crippen LogP contribution in [0.15, 0.2) is 18.2 Å². The normalized spacial score (nSPS) is 15.0. The average Bonchev–Trinajstić information content (AvgIpc) is 2.23. The van der Waals surface area contributed by atoms with Gasteiger partial charge in [0.25, 0.3) is 0 Å². The third kappa shape index (κ3) is 2.93. The van der Waals surface area contributed by atoms with Crippen LogP contribution in [0.4, 0.5) is 4.39 Å². The molecule has 0 fully saturated rings. The number of aliphatic hydroxyl groups excluding tert-OH is 1. The van der Waals surface area contributed by atoms with Crippen LogP contribution in [0.2, 0.25) is 5.02 Å². The second kappa shape index (κ2) is 4.95. The predicted molar refractivity (Wildman–Crippen MR) is 60.6 cm³/mol. The number of aliphatic hydroxyl groups is 1. The SMILES string of the molecule is CCC(C)(CO)Cc1c(F)cccc1Cl. The van der Waals surface area contributed by atoms with E-state index < -0.39 is 0 Å². The van der Waals surface area contributed by atoms with Crippen LogP contribution in [0, 0.1) is 11.2 Å². The highest BCUT2D eigenvalue weighted by Gasteiger charge is 2.24. The highest BCUT2D eigenvalue weighted by atomic mass is 35.5. The topological polar surface area (TPSA) is 20.2 Å². The maximum absolute atomic E-state index is 13.5. The fourth-order valence-electron chi connectivity index (χ4n) is 1.42. The molecule has 1 N–H and O–H groups in total. The van der Waals surface area contributed by atoms with E-state index in [0.29, 0.717) is 17.0 Å². The summed E-state index contributed by atoms with van der Waals surface area (Å²) in [7, 11) is 0. The second-order valence-electron chi connectivity index (χ2n) is 4.20. The Morgan fingerprint density at radius 1 is 1.47 bits per heavy atom. The Bertz CT molecular complexity index is 314. The van der Waals surface area contributed by atoms with Crippen LogP contribution in [0.1, 0.15) is 25.8 Å². The van der Waals surface area contributed by atoms with Crippen molar-refractivity contribution in [2.24, 2.45) is 5.41 Å². The summed E-state index contributed by atoms with van der Waals surface area (Å²) in [6, 6.07) is 4.66. The highest BCUT2D eigenvalue weighted by Crippen LogP contribution is 2.30. The molecule has 1 atom stereocenters. The zero-order chi connectivity index (χ0) is 11.5. The molecule has 0 saturated carbocycles. The van der Waals surface area contributed by atoms with Gasteiger partial charge in [0.2, 0.25) is 0 Å². The van der Waals surface area contributed by atoms with Crippen molar-refractivity contribution in [3.05, 3.63) is 34.6 Å². The van der Waals surface area contributed by atoms with Crippen LogP contribution in [0.3, 0.4) is 0 Å². The molecule has 3 heteroatoms. The third-order valence-electron chi connectivity index (χ3n) is 2.90. The minimum Gasteiger partial charge on any atom is -0.396 e. The van der Waals surface area contributed by atoms with Gasteiger partial charge in [-0.2, -0.15) is 0 Å². The third-order valence-corrected chi connectivity index (χ3v) is 3.25. The molecule has 0 radical (unpaired) electrons. The number of halogens is 2. The van der Waals surface area contributed by atoms with E-state index in [0.717, 1.165) is 6.42 Å². The Hall–Kier alpha value is -0.600. The summed E-state index contributed by atoms with van der Waals surface area (Å²) in [5.74, 6) is -0.296. The van der Waals surface area contributed by atoms with E-state index in [1.807, 2.05) is 13.8 Å². The summed E-state index contributed by atoms with van der Waals surface area (Å²) >= 11 is 5.93. The Kier molecular flexibility index (Phi) is 4.12. The molecule has 0 saturated heterocycles. The molecular formula is C12H16ClFO. The van der Waals surface area contributed by atoms with Crippen molar-refractivity contribution in [2.45, 2.75) is 26.7 Å². The van der Waals surface area contributed by atoms with Gasteiger partial charge < -0.3 is 5.11 Å². The first-order chi connectivity index (χ1) is 7.02. The van der Waals surface area contributed by atoms with Crippen LogP contribution < -0.4 is 0 Å². The molecule has 0 heterocycles. The summed E-state index contributed by atoms with van der Waals surface area (Å²) in [5.41, 5.74) is 0.198.